The molecule has 0 bridgehead atoms. The highest BCUT2D eigenvalue weighted by Gasteiger charge is 2.41. The van der Waals surface area contributed by atoms with Gasteiger partial charge in [0.1, 0.15) is 5.69 Å². The zero-order valence-electron chi connectivity index (χ0n) is 18.8. The van der Waals surface area contributed by atoms with Crippen LogP contribution in [0.4, 0.5) is 32.0 Å². The molecule has 1 aromatic carbocycles. The third-order valence-corrected chi connectivity index (χ3v) is 6.85. The quantitative estimate of drug-likeness (QED) is 0.281. The Morgan fingerprint density at radius 1 is 1.00 bits per heavy atom. The molecule has 0 radical (unpaired) electrons. The molecular weight excluding hydrogens is 488 g/mol. The maximum Gasteiger partial charge on any atom is 0.435 e. The number of benzene rings is 1. The Kier molecular flexibility index (Phi) is 4.80. The number of halogens is 6. The average molecular weight is 507 g/mol. The molecule has 0 saturated heterocycles. The van der Waals surface area contributed by atoms with Crippen LogP contribution in [0.25, 0.3) is 27.9 Å². The highest BCUT2D eigenvalue weighted by molar-refractivity contribution is 6.06. The van der Waals surface area contributed by atoms with Crippen molar-refractivity contribution in [1.29, 1.82) is 0 Å². The molecule has 4 heterocycles. The van der Waals surface area contributed by atoms with Gasteiger partial charge in [-0.1, -0.05) is 0 Å². The summed E-state index contributed by atoms with van der Waals surface area (Å²) < 4.78 is 82.1. The summed E-state index contributed by atoms with van der Waals surface area (Å²) in [6.45, 7) is 0. The van der Waals surface area contributed by atoms with Gasteiger partial charge in [0, 0.05) is 35.4 Å². The van der Waals surface area contributed by atoms with Gasteiger partial charge >= 0.3 is 12.4 Å². The molecule has 13 heteroatoms. The second kappa shape index (κ2) is 7.61. The number of hydrogen-bond acceptors (Lipinski definition) is 4. The van der Waals surface area contributed by atoms with Crippen LogP contribution in [-0.2, 0) is 19.4 Å². The standard InChI is InChI=1S/C23H19F6N7/c1-36-15(8-16(35-36)22(24,25)26)20-18-14(32-33-20)7-6-13-17(18)10-4-2-3-5-11(10)19(31-13)12-9-30-34-21(12)23(27,28)29/h6-9,19,31H,2-5H2,1H3,(H,30,34)(H,32,33). The summed E-state index contributed by atoms with van der Waals surface area (Å²) in [7, 11) is 1.41. The molecule has 3 aromatic heterocycles. The molecule has 3 N–H and O–H groups in total. The minimum Gasteiger partial charge on any atom is -0.374 e. The molecule has 0 saturated carbocycles. The number of aryl methyl sites for hydroxylation is 1. The Balaban J connectivity index is 1.57. The molecule has 1 unspecified atom stereocenters. The highest BCUT2D eigenvalue weighted by Crippen LogP contribution is 2.51. The summed E-state index contributed by atoms with van der Waals surface area (Å²) >= 11 is 0. The Morgan fingerprint density at radius 3 is 2.50 bits per heavy atom. The van der Waals surface area contributed by atoms with Crippen molar-refractivity contribution < 1.29 is 26.3 Å². The fourth-order valence-electron chi connectivity index (χ4n) is 5.35. The van der Waals surface area contributed by atoms with E-state index in [-0.39, 0.29) is 11.3 Å². The summed E-state index contributed by atoms with van der Waals surface area (Å²) in [5.74, 6) is 0. The summed E-state index contributed by atoms with van der Waals surface area (Å²) in [5.41, 5.74) is 2.13. The Hall–Kier alpha value is -3.77. The number of H-pyrrole nitrogens is 2. The molecule has 0 amide bonds. The molecule has 36 heavy (non-hydrogen) atoms. The number of rotatable bonds is 2. The van der Waals surface area contributed by atoms with Gasteiger partial charge < -0.3 is 5.32 Å². The first-order chi connectivity index (χ1) is 17.0. The molecule has 1 aliphatic carbocycles. The van der Waals surface area contributed by atoms with Crippen LogP contribution in [0.3, 0.4) is 0 Å². The summed E-state index contributed by atoms with van der Waals surface area (Å²) in [6.07, 6.45) is -5.10. The summed E-state index contributed by atoms with van der Waals surface area (Å²) in [5, 5.41) is 20.5. The number of fused-ring (bicyclic) bond motifs is 4. The number of aromatic nitrogens is 6. The van der Waals surface area contributed by atoms with Gasteiger partial charge in [-0.3, -0.25) is 14.9 Å². The van der Waals surface area contributed by atoms with Crippen LogP contribution in [0, 0.1) is 0 Å². The van der Waals surface area contributed by atoms with Crippen LogP contribution in [0.1, 0.15) is 54.2 Å². The predicted octanol–water partition coefficient (Wildman–Crippen LogP) is 6.22. The molecular formula is C23H19F6N7. The van der Waals surface area contributed by atoms with E-state index < -0.39 is 29.8 Å². The van der Waals surface area contributed by atoms with Gasteiger partial charge in [-0.15, -0.1) is 0 Å². The number of hydrogen-bond donors (Lipinski definition) is 3. The average Bonchev–Trinajstić information content (AvgIpc) is 3.55. The van der Waals surface area contributed by atoms with E-state index in [0.717, 1.165) is 40.3 Å². The zero-order valence-corrected chi connectivity index (χ0v) is 18.8. The van der Waals surface area contributed by atoms with Crippen LogP contribution in [-0.4, -0.2) is 30.2 Å². The molecule has 1 atom stereocenters. The van der Waals surface area contributed by atoms with Gasteiger partial charge in [0.15, 0.2) is 11.4 Å². The second-order valence-corrected chi connectivity index (χ2v) is 8.99. The first-order valence-corrected chi connectivity index (χ1v) is 11.3. The van der Waals surface area contributed by atoms with Gasteiger partial charge in [0.05, 0.1) is 17.3 Å². The van der Waals surface area contributed by atoms with Crippen LogP contribution < -0.4 is 5.32 Å². The number of allylic oxidation sites excluding steroid dienone is 1. The van der Waals surface area contributed by atoms with E-state index in [1.807, 2.05) is 0 Å². The number of nitrogens with zero attached hydrogens (tertiary/aromatic N) is 4. The fraction of sp³-hybridized carbons (Fsp3) is 0.348. The van der Waals surface area contributed by atoms with Gasteiger partial charge in [0.2, 0.25) is 0 Å². The lowest BCUT2D eigenvalue weighted by Crippen LogP contribution is -2.24. The Labute approximate surface area is 199 Å². The molecule has 2 aliphatic rings. The zero-order chi connectivity index (χ0) is 25.4. The largest absolute Gasteiger partial charge is 0.435 e. The molecule has 4 aromatic rings. The van der Waals surface area contributed by atoms with E-state index in [0.29, 0.717) is 35.1 Å². The van der Waals surface area contributed by atoms with Crippen molar-refractivity contribution in [2.24, 2.45) is 7.05 Å². The van der Waals surface area contributed by atoms with Gasteiger partial charge in [0.25, 0.3) is 0 Å². The minimum absolute atomic E-state index is 0.0107. The van der Waals surface area contributed by atoms with E-state index in [4.69, 9.17) is 0 Å². The van der Waals surface area contributed by atoms with Crippen LogP contribution in [0.2, 0.25) is 0 Å². The molecule has 0 fully saturated rings. The van der Waals surface area contributed by atoms with Crippen LogP contribution >= 0.6 is 0 Å². The van der Waals surface area contributed by atoms with E-state index in [2.05, 4.69) is 30.8 Å². The van der Waals surface area contributed by atoms with Crippen molar-refractivity contribution >= 4 is 22.2 Å². The Morgan fingerprint density at radius 2 is 1.78 bits per heavy atom. The number of nitrogens with one attached hydrogen (secondary N) is 3. The second-order valence-electron chi connectivity index (χ2n) is 8.99. The SMILES string of the molecule is Cn1nc(C(F)(F)F)cc1-c1n[nH]c2ccc3c(c12)C1=C(CCCC1)C(c1c[nH]nc1C(F)(F)F)N3. The lowest BCUT2D eigenvalue weighted by Gasteiger charge is -2.35. The maximum atomic E-state index is 13.7. The van der Waals surface area contributed by atoms with Crippen LogP contribution in [0.5, 0.6) is 0 Å². The number of aromatic amines is 2. The summed E-state index contributed by atoms with van der Waals surface area (Å²) in [4.78, 5) is 0. The lowest BCUT2D eigenvalue weighted by molar-refractivity contribution is -0.142. The topological polar surface area (TPSA) is 87.2 Å². The van der Waals surface area contributed by atoms with Crippen molar-refractivity contribution in [1.82, 2.24) is 30.2 Å². The van der Waals surface area contributed by atoms with Gasteiger partial charge in [-0.25, -0.2) is 0 Å². The Bertz CT molecular complexity index is 1520. The number of alkyl halides is 6. The highest BCUT2D eigenvalue weighted by atomic mass is 19.4. The smallest absolute Gasteiger partial charge is 0.374 e. The van der Waals surface area contributed by atoms with Crippen molar-refractivity contribution in [2.75, 3.05) is 5.32 Å². The van der Waals surface area contributed by atoms with Gasteiger partial charge in [-0.2, -0.15) is 41.6 Å². The third kappa shape index (κ3) is 3.39. The molecule has 7 nitrogen and oxygen atoms in total. The molecule has 188 valence electrons. The van der Waals surface area contributed by atoms with Crippen molar-refractivity contribution in [3.8, 4) is 11.4 Å². The maximum absolute atomic E-state index is 13.7. The predicted molar refractivity (Wildman–Crippen MR) is 119 cm³/mol. The van der Waals surface area contributed by atoms with Crippen molar-refractivity contribution in [2.45, 2.75) is 44.1 Å². The first kappa shape index (κ1) is 22.7. The minimum atomic E-state index is -4.62. The van der Waals surface area contributed by atoms with E-state index in [1.54, 1.807) is 12.1 Å². The van der Waals surface area contributed by atoms with Crippen LogP contribution in [0.15, 0.2) is 30.0 Å². The molecule has 1 aliphatic heterocycles. The fourth-order valence-corrected chi connectivity index (χ4v) is 5.35. The third-order valence-electron chi connectivity index (χ3n) is 6.85. The number of anilines is 1. The summed E-state index contributed by atoms with van der Waals surface area (Å²) in [6, 6.07) is 3.68. The molecule has 6 rings (SSSR count). The van der Waals surface area contributed by atoms with Crippen molar-refractivity contribution in [3.63, 3.8) is 0 Å². The first-order valence-electron chi connectivity index (χ1n) is 11.3. The normalized spacial score (nSPS) is 18.4. The van der Waals surface area contributed by atoms with Gasteiger partial charge in [-0.05, 0) is 55.0 Å². The van der Waals surface area contributed by atoms with E-state index >= 15 is 0 Å². The van der Waals surface area contributed by atoms with E-state index in [1.165, 1.54) is 13.2 Å². The monoisotopic (exact) mass is 507 g/mol. The lowest BCUT2D eigenvalue weighted by atomic mass is 9.77. The van der Waals surface area contributed by atoms with Crippen molar-refractivity contribution in [3.05, 3.63) is 52.5 Å². The van der Waals surface area contributed by atoms with E-state index in [9.17, 15) is 26.3 Å². The molecule has 0 spiro atoms.